The van der Waals surface area contributed by atoms with Crippen LogP contribution in [0.4, 0.5) is 8.78 Å². The third-order valence-electron chi connectivity index (χ3n) is 3.08. The van der Waals surface area contributed by atoms with Crippen LogP contribution in [0.15, 0.2) is 34.7 Å². The van der Waals surface area contributed by atoms with E-state index in [0.29, 0.717) is 6.54 Å². The molecule has 0 bridgehead atoms. The molecule has 0 aliphatic heterocycles. The molecule has 0 aliphatic carbocycles. The van der Waals surface area contributed by atoms with Crippen molar-refractivity contribution in [3.63, 3.8) is 0 Å². The fourth-order valence-corrected chi connectivity index (χ4v) is 2.03. The van der Waals surface area contributed by atoms with Crippen molar-refractivity contribution in [2.75, 3.05) is 6.54 Å². The van der Waals surface area contributed by atoms with Crippen LogP contribution in [0.1, 0.15) is 24.0 Å². The molecule has 0 aliphatic rings. The molecule has 0 fully saturated rings. The zero-order valence-electron chi connectivity index (χ0n) is 11.4. The molecule has 0 saturated carbocycles. The van der Waals surface area contributed by atoms with E-state index in [-0.39, 0.29) is 12.1 Å². The van der Waals surface area contributed by atoms with Gasteiger partial charge < -0.3 is 14.8 Å². The lowest BCUT2D eigenvalue weighted by atomic mass is 9.95. The van der Waals surface area contributed by atoms with Crippen molar-refractivity contribution in [1.82, 2.24) is 5.32 Å². The first-order valence-corrected chi connectivity index (χ1v) is 6.32. The number of rotatable bonds is 5. The highest BCUT2D eigenvalue weighted by molar-refractivity contribution is 5.24. The van der Waals surface area contributed by atoms with Crippen LogP contribution in [-0.2, 0) is 12.1 Å². The third-order valence-corrected chi connectivity index (χ3v) is 3.08. The highest BCUT2D eigenvalue weighted by atomic mass is 19.1. The molecule has 1 heterocycles. The van der Waals surface area contributed by atoms with Crippen molar-refractivity contribution in [3.8, 4) is 0 Å². The number of hydrogen-bond donors (Lipinski definition) is 2. The first-order valence-electron chi connectivity index (χ1n) is 6.32. The predicted octanol–water partition coefficient (Wildman–Crippen LogP) is 2.86. The molecule has 0 saturated heterocycles. The summed E-state index contributed by atoms with van der Waals surface area (Å²) in [5.74, 6) is 0.114. The first kappa shape index (κ1) is 14.7. The van der Waals surface area contributed by atoms with Crippen LogP contribution in [-0.4, -0.2) is 11.7 Å². The lowest BCUT2D eigenvalue weighted by molar-refractivity contribution is 0.0524. The van der Waals surface area contributed by atoms with Gasteiger partial charge in [-0.3, -0.25) is 0 Å². The molecule has 1 aromatic heterocycles. The quantitative estimate of drug-likeness (QED) is 0.886. The molecule has 2 aromatic rings. The van der Waals surface area contributed by atoms with Gasteiger partial charge in [0, 0.05) is 18.2 Å². The number of aliphatic hydroxyl groups is 1. The zero-order chi connectivity index (χ0) is 14.8. The van der Waals surface area contributed by atoms with Crippen molar-refractivity contribution in [3.05, 3.63) is 59.1 Å². The molecule has 3 nitrogen and oxygen atoms in total. The summed E-state index contributed by atoms with van der Waals surface area (Å²) in [6, 6.07) is 6.82. The van der Waals surface area contributed by atoms with Crippen molar-refractivity contribution < 1.29 is 18.3 Å². The number of halogens is 2. The maximum Gasteiger partial charge on any atom is 0.132 e. The minimum absolute atomic E-state index is 0.0574. The van der Waals surface area contributed by atoms with E-state index in [4.69, 9.17) is 4.42 Å². The molecule has 108 valence electrons. The topological polar surface area (TPSA) is 45.4 Å². The van der Waals surface area contributed by atoms with Crippen LogP contribution in [0, 0.1) is 18.6 Å². The van der Waals surface area contributed by atoms with Gasteiger partial charge in [0.15, 0.2) is 0 Å². The van der Waals surface area contributed by atoms with E-state index in [9.17, 15) is 13.9 Å². The summed E-state index contributed by atoms with van der Waals surface area (Å²) >= 11 is 0. The van der Waals surface area contributed by atoms with E-state index in [2.05, 4.69) is 5.32 Å². The van der Waals surface area contributed by atoms with Gasteiger partial charge in [0.25, 0.3) is 0 Å². The normalized spacial score (nSPS) is 14.2. The average molecular weight is 281 g/mol. The molecule has 1 aromatic carbocycles. The Morgan fingerprint density at radius 3 is 2.60 bits per heavy atom. The third kappa shape index (κ3) is 3.43. The summed E-state index contributed by atoms with van der Waals surface area (Å²) in [5, 5.41) is 13.3. The Hall–Kier alpha value is -1.72. The van der Waals surface area contributed by atoms with Crippen molar-refractivity contribution in [1.29, 1.82) is 0 Å². The van der Waals surface area contributed by atoms with E-state index in [0.717, 1.165) is 23.7 Å². The molecular formula is C15H17F2NO2. The van der Waals surface area contributed by atoms with Gasteiger partial charge in [0.05, 0.1) is 6.54 Å². The number of benzene rings is 1. The Balaban J connectivity index is 1.99. The molecule has 1 unspecified atom stereocenters. The lowest BCUT2D eigenvalue weighted by Gasteiger charge is -2.24. The highest BCUT2D eigenvalue weighted by Gasteiger charge is 2.26. The summed E-state index contributed by atoms with van der Waals surface area (Å²) in [5.41, 5.74) is -1.37. The molecule has 2 rings (SSSR count). The van der Waals surface area contributed by atoms with Gasteiger partial charge in [0.2, 0.25) is 0 Å². The summed E-state index contributed by atoms with van der Waals surface area (Å²) < 4.78 is 31.9. The summed E-state index contributed by atoms with van der Waals surface area (Å²) in [6.45, 7) is 3.86. The van der Waals surface area contributed by atoms with Gasteiger partial charge in [-0.25, -0.2) is 8.78 Å². The second kappa shape index (κ2) is 5.73. The molecular weight excluding hydrogens is 264 g/mol. The van der Waals surface area contributed by atoms with Gasteiger partial charge >= 0.3 is 0 Å². The van der Waals surface area contributed by atoms with Crippen molar-refractivity contribution in [2.24, 2.45) is 0 Å². The van der Waals surface area contributed by atoms with Gasteiger partial charge in [-0.05, 0) is 32.0 Å². The Morgan fingerprint density at radius 1 is 1.25 bits per heavy atom. The van der Waals surface area contributed by atoms with Crippen LogP contribution in [0.5, 0.6) is 0 Å². The van der Waals surface area contributed by atoms with Crippen molar-refractivity contribution in [2.45, 2.75) is 26.0 Å². The summed E-state index contributed by atoms with van der Waals surface area (Å²) in [4.78, 5) is 0. The van der Waals surface area contributed by atoms with E-state index in [1.807, 2.05) is 19.1 Å². The van der Waals surface area contributed by atoms with Crippen LogP contribution in [0.3, 0.4) is 0 Å². The van der Waals surface area contributed by atoms with Crippen molar-refractivity contribution >= 4 is 0 Å². The predicted molar refractivity (Wildman–Crippen MR) is 71.1 cm³/mol. The van der Waals surface area contributed by atoms with Gasteiger partial charge in [-0.2, -0.15) is 0 Å². The molecule has 2 N–H and O–H groups in total. The first-order chi connectivity index (χ1) is 9.38. The highest BCUT2D eigenvalue weighted by Crippen LogP contribution is 2.23. The lowest BCUT2D eigenvalue weighted by Crippen LogP contribution is -2.35. The summed E-state index contributed by atoms with van der Waals surface area (Å²) in [7, 11) is 0. The maximum atomic E-state index is 13.7. The van der Waals surface area contributed by atoms with Crippen LogP contribution >= 0.6 is 0 Å². The van der Waals surface area contributed by atoms with E-state index < -0.39 is 17.2 Å². The zero-order valence-corrected chi connectivity index (χ0v) is 11.4. The second-order valence-electron chi connectivity index (χ2n) is 5.01. The van der Waals surface area contributed by atoms with Gasteiger partial charge in [-0.1, -0.05) is 6.07 Å². The Labute approximate surface area is 116 Å². The molecule has 5 heteroatoms. The number of hydrogen-bond acceptors (Lipinski definition) is 3. The van der Waals surface area contributed by atoms with E-state index in [1.54, 1.807) is 0 Å². The monoisotopic (exact) mass is 281 g/mol. The fraction of sp³-hybridized carbons (Fsp3) is 0.333. The van der Waals surface area contributed by atoms with E-state index in [1.165, 1.54) is 13.0 Å². The Kier molecular flexibility index (Phi) is 4.20. The maximum absolute atomic E-state index is 13.7. The summed E-state index contributed by atoms with van der Waals surface area (Å²) in [6.07, 6.45) is 0. The molecule has 20 heavy (non-hydrogen) atoms. The molecule has 0 radical (unpaired) electrons. The average Bonchev–Trinajstić information content (AvgIpc) is 2.74. The molecule has 1 atom stereocenters. The van der Waals surface area contributed by atoms with Crippen LogP contribution in [0.25, 0.3) is 0 Å². The standard InChI is InChI=1S/C15H17F2NO2/c1-10-3-5-12(20-10)8-18-9-15(2,19)13-6-4-11(16)7-14(13)17/h3-7,18-19H,8-9H2,1-2H3. The smallest absolute Gasteiger partial charge is 0.132 e. The fourth-order valence-electron chi connectivity index (χ4n) is 2.03. The van der Waals surface area contributed by atoms with Gasteiger partial charge in [-0.15, -0.1) is 0 Å². The Morgan fingerprint density at radius 2 is 2.00 bits per heavy atom. The molecule has 0 spiro atoms. The number of nitrogens with one attached hydrogen (secondary N) is 1. The number of furan rings is 1. The van der Waals surface area contributed by atoms with Crippen LogP contribution < -0.4 is 5.32 Å². The van der Waals surface area contributed by atoms with E-state index >= 15 is 0 Å². The number of aryl methyl sites for hydroxylation is 1. The SMILES string of the molecule is Cc1ccc(CNCC(C)(O)c2ccc(F)cc2F)o1. The Bertz CT molecular complexity index is 593. The minimum Gasteiger partial charge on any atom is -0.465 e. The minimum atomic E-state index is -1.43. The second-order valence-corrected chi connectivity index (χ2v) is 5.01. The van der Waals surface area contributed by atoms with Crippen LogP contribution in [0.2, 0.25) is 0 Å². The molecule has 0 amide bonds. The largest absolute Gasteiger partial charge is 0.465 e. The van der Waals surface area contributed by atoms with Gasteiger partial charge in [0.1, 0.15) is 28.8 Å².